The van der Waals surface area contributed by atoms with Crippen LogP contribution >= 0.6 is 0 Å². The Morgan fingerprint density at radius 1 is 1.08 bits per heavy atom. The number of aryl methyl sites for hydroxylation is 4. The third-order valence-electron chi connectivity index (χ3n) is 4.54. The maximum atomic E-state index is 12.1. The molecule has 0 aromatic carbocycles. The second kappa shape index (κ2) is 8.01. The van der Waals surface area contributed by atoms with E-state index >= 15 is 0 Å². The maximum Gasteiger partial charge on any atom is 0.342 e. The minimum Gasteiger partial charge on any atom is -0.609 e. The predicted octanol–water partition coefficient (Wildman–Crippen LogP) is 2.71. The van der Waals surface area contributed by atoms with Crippen LogP contribution in [-0.4, -0.2) is 34.8 Å². The molecule has 7 nitrogen and oxygen atoms in total. The summed E-state index contributed by atoms with van der Waals surface area (Å²) in [5, 5.41) is 0.415. The van der Waals surface area contributed by atoms with Gasteiger partial charge in [-0.3, -0.25) is 0 Å². The second-order valence-corrected chi connectivity index (χ2v) is 7.82. The van der Waals surface area contributed by atoms with Crippen molar-refractivity contribution in [3.8, 4) is 0 Å². The van der Waals surface area contributed by atoms with Gasteiger partial charge in [0, 0.05) is 35.8 Å². The molecule has 0 aliphatic carbocycles. The lowest BCUT2D eigenvalue weighted by Crippen LogP contribution is -2.11. The van der Waals surface area contributed by atoms with E-state index in [1.165, 1.54) is 0 Å². The average molecular weight is 372 g/mol. The molecule has 0 fully saturated rings. The fourth-order valence-electron chi connectivity index (χ4n) is 3.06. The number of imidazole rings is 1. The summed E-state index contributed by atoms with van der Waals surface area (Å²) in [6, 6.07) is 1.73. The van der Waals surface area contributed by atoms with Crippen LogP contribution in [0.3, 0.4) is 0 Å². The second-order valence-electron chi connectivity index (χ2n) is 6.36. The normalized spacial score (nSPS) is 12.6. The van der Waals surface area contributed by atoms with Crippen molar-refractivity contribution < 1.29 is 4.55 Å². The van der Waals surface area contributed by atoms with E-state index in [9.17, 15) is 4.55 Å². The summed E-state index contributed by atoms with van der Waals surface area (Å²) in [7, 11) is 0. The van der Waals surface area contributed by atoms with E-state index < -0.39 is 11.2 Å². The van der Waals surface area contributed by atoms with Gasteiger partial charge in [-0.05, 0) is 51.7 Å². The van der Waals surface area contributed by atoms with Crippen LogP contribution in [0.25, 0.3) is 11.0 Å². The lowest BCUT2D eigenvalue weighted by atomic mass is 10.2. The quantitative estimate of drug-likeness (QED) is 0.388. The Labute approximate surface area is 156 Å². The number of fused-ring (bicyclic) bond motifs is 1. The fourth-order valence-corrected chi connectivity index (χ4v) is 4.07. The highest BCUT2D eigenvalue weighted by Gasteiger charge is 2.16. The van der Waals surface area contributed by atoms with E-state index in [4.69, 9.17) is 5.73 Å². The Bertz CT molecular complexity index is 896. The van der Waals surface area contributed by atoms with Gasteiger partial charge in [0.15, 0.2) is 5.82 Å². The van der Waals surface area contributed by atoms with Crippen LogP contribution in [0.5, 0.6) is 0 Å². The first-order valence-corrected chi connectivity index (χ1v) is 10.1. The summed E-state index contributed by atoms with van der Waals surface area (Å²) in [5.74, 6) is 2.02. The van der Waals surface area contributed by atoms with Gasteiger partial charge in [-0.25, -0.2) is 9.97 Å². The molecule has 3 rings (SSSR count). The third-order valence-corrected chi connectivity index (χ3v) is 5.82. The van der Waals surface area contributed by atoms with E-state index in [2.05, 4.69) is 31.4 Å². The molecule has 3 aromatic rings. The van der Waals surface area contributed by atoms with Gasteiger partial charge >= 0.3 is 5.16 Å². The van der Waals surface area contributed by atoms with Gasteiger partial charge in [0.1, 0.15) is 17.1 Å². The van der Waals surface area contributed by atoms with E-state index in [-0.39, 0.29) is 0 Å². The molecule has 0 saturated heterocycles. The molecule has 1 unspecified atom stereocenters. The highest BCUT2D eigenvalue weighted by Crippen LogP contribution is 2.26. The predicted molar refractivity (Wildman–Crippen MR) is 103 cm³/mol. The van der Waals surface area contributed by atoms with Crippen molar-refractivity contribution in [1.29, 1.82) is 0 Å². The Morgan fingerprint density at radius 3 is 2.54 bits per heavy atom. The molecular formula is C18H24N6OS. The molecule has 26 heavy (non-hydrogen) atoms. The van der Waals surface area contributed by atoms with Crippen LogP contribution in [-0.2, 0) is 17.7 Å². The first kappa shape index (κ1) is 18.6. The van der Waals surface area contributed by atoms with E-state index in [1.807, 2.05) is 13.8 Å². The number of nitrogens with two attached hydrogens (primary N) is 1. The van der Waals surface area contributed by atoms with Crippen molar-refractivity contribution in [3.05, 3.63) is 35.5 Å². The van der Waals surface area contributed by atoms with Crippen LogP contribution in [0.2, 0.25) is 0 Å². The topological polar surface area (TPSA) is 106 Å². The Morgan fingerprint density at radius 2 is 1.81 bits per heavy atom. The van der Waals surface area contributed by atoms with Crippen LogP contribution in [0, 0.1) is 20.8 Å². The monoisotopic (exact) mass is 372 g/mol. The van der Waals surface area contributed by atoms with Gasteiger partial charge in [0.2, 0.25) is 0 Å². The van der Waals surface area contributed by atoms with E-state index in [0.717, 1.165) is 53.9 Å². The summed E-state index contributed by atoms with van der Waals surface area (Å²) in [6.07, 6.45) is 6.09. The van der Waals surface area contributed by atoms with Crippen LogP contribution in [0.1, 0.15) is 36.3 Å². The molecule has 3 aromatic heterocycles. The fraction of sp³-hybridized carbons (Fsp3) is 0.444. The van der Waals surface area contributed by atoms with Gasteiger partial charge in [-0.15, -0.1) is 0 Å². The molecule has 0 spiro atoms. The first-order chi connectivity index (χ1) is 12.5. The lowest BCUT2D eigenvalue weighted by molar-refractivity contribution is 0.570. The zero-order valence-corrected chi connectivity index (χ0v) is 16.2. The number of pyridine rings is 1. The zero-order chi connectivity index (χ0) is 18.7. The molecule has 1 atom stereocenters. The van der Waals surface area contributed by atoms with Gasteiger partial charge in [-0.1, -0.05) is 0 Å². The molecule has 2 N–H and O–H groups in total. The zero-order valence-electron chi connectivity index (χ0n) is 15.4. The summed E-state index contributed by atoms with van der Waals surface area (Å²) < 4.78 is 14.4. The Hall–Kier alpha value is -2.19. The van der Waals surface area contributed by atoms with E-state index in [1.54, 1.807) is 18.5 Å². The summed E-state index contributed by atoms with van der Waals surface area (Å²) in [6.45, 7) is 6.89. The van der Waals surface area contributed by atoms with Gasteiger partial charge < -0.3 is 14.9 Å². The first-order valence-electron chi connectivity index (χ1n) is 8.74. The molecule has 138 valence electrons. The van der Waals surface area contributed by atoms with Crippen LogP contribution < -0.4 is 5.73 Å². The van der Waals surface area contributed by atoms with Crippen LogP contribution in [0.4, 0.5) is 5.82 Å². The maximum absolute atomic E-state index is 12.1. The standard InChI is InChI=1S/C18H24N6OS/c1-12-13(2)22-17(19)15-16(12)24(14(3)23-15)10-5-4-6-11-26(25)18-20-8-7-9-21-18/h7-9H,4-6,10-11H2,1-3H3,(H2,19,22). The molecule has 0 aliphatic rings. The highest BCUT2D eigenvalue weighted by atomic mass is 32.2. The summed E-state index contributed by atoms with van der Waals surface area (Å²) >= 11 is -1.13. The summed E-state index contributed by atoms with van der Waals surface area (Å²) in [5.41, 5.74) is 9.96. The molecule has 0 bridgehead atoms. The number of aromatic nitrogens is 5. The van der Waals surface area contributed by atoms with Crippen molar-refractivity contribution >= 4 is 28.0 Å². The molecule has 3 heterocycles. The largest absolute Gasteiger partial charge is 0.609 e. The highest BCUT2D eigenvalue weighted by molar-refractivity contribution is 7.91. The lowest BCUT2D eigenvalue weighted by Gasteiger charge is -2.11. The number of hydrogen-bond donors (Lipinski definition) is 1. The van der Waals surface area contributed by atoms with Gasteiger partial charge in [0.25, 0.3) is 0 Å². The van der Waals surface area contributed by atoms with Crippen molar-refractivity contribution in [1.82, 2.24) is 24.5 Å². The van der Waals surface area contributed by atoms with Crippen molar-refractivity contribution in [2.75, 3.05) is 11.5 Å². The van der Waals surface area contributed by atoms with E-state index in [0.29, 0.717) is 16.7 Å². The molecule has 8 heteroatoms. The van der Waals surface area contributed by atoms with Crippen molar-refractivity contribution in [2.24, 2.45) is 0 Å². The number of rotatable bonds is 7. The average Bonchev–Trinajstić information content (AvgIpc) is 2.97. The van der Waals surface area contributed by atoms with Crippen molar-refractivity contribution in [2.45, 2.75) is 51.7 Å². The van der Waals surface area contributed by atoms with Crippen molar-refractivity contribution in [3.63, 3.8) is 0 Å². The Kier molecular flexibility index (Phi) is 5.73. The van der Waals surface area contributed by atoms with Gasteiger partial charge in [0.05, 0.1) is 5.52 Å². The van der Waals surface area contributed by atoms with Gasteiger partial charge in [-0.2, -0.15) is 9.97 Å². The number of unbranched alkanes of at least 4 members (excludes halogenated alkanes) is 2. The van der Waals surface area contributed by atoms with Crippen LogP contribution in [0.15, 0.2) is 23.6 Å². The summed E-state index contributed by atoms with van der Waals surface area (Å²) in [4.78, 5) is 17.1. The molecular weight excluding hydrogens is 348 g/mol. The number of hydrogen-bond acceptors (Lipinski definition) is 6. The Balaban J connectivity index is 1.60. The minimum atomic E-state index is -1.13. The molecule has 0 amide bonds. The number of nitrogen functional groups attached to an aromatic ring is 1. The third kappa shape index (κ3) is 3.81. The number of nitrogens with zero attached hydrogens (tertiary/aromatic N) is 5. The SMILES string of the molecule is Cc1nc(N)c2nc(C)n(CCCCC[S+]([O-])c3ncccn3)c2c1C. The smallest absolute Gasteiger partial charge is 0.342 e. The molecule has 0 saturated carbocycles. The minimum absolute atomic E-state index is 0.415. The molecule has 0 aliphatic heterocycles. The number of anilines is 1. The molecule has 0 radical (unpaired) electrons.